The lowest BCUT2D eigenvalue weighted by molar-refractivity contribution is -0.137. The van der Waals surface area contributed by atoms with Crippen LogP contribution in [0.1, 0.15) is 37.3 Å². The lowest BCUT2D eigenvalue weighted by atomic mass is 10.1. The van der Waals surface area contributed by atoms with Gasteiger partial charge in [-0.15, -0.1) is 0 Å². The van der Waals surface area contributed by atoms with Crippen LogP contribution in [0.2, 0.25) is 0 Å². The third-order valence-corrected chi connectivity index (χ3v) is 5.40. The quantitative estimate of drug-likeness (QED) is 0.858. The van der Waals surface area contributed by atoms with Crippen LogP contribution in [0.5, 0.6) is 0 Å². The summed E-state index contributed by atoms with van der Waals surface area (Å²) in [5.41, 5.74) is 0.944. The molecule has 1 aliphatic rings. The second-order valence-electron chi connectivity index (χ2n) is 4.86. The molecular formula is C13H18N2O4S. The SMILES string of the molecule is O=C(O)CCCS(=O)(=O)N1CCCC1c1ccncc1. The van der Waals surface area contributed by atoms with Crippen LogP contribution in [0, 0.1) is 0 Å². The second-order valence-corrected chi connectivity index (χ2v) is 6.90. The van der Waals surface area contributed by atoms with Crippen LogP contribution >= 0.6 is 0 Å². The molecule has 1 aromatic heterocycles. The minimum atomic E-state index is -3.40. The molecule has 0 aliphatic carbocycles. The van der Waals surface area contributed by atoms with Gasteiger partial charge in [0.25, 0.3) is 0 Å². The Hall–Kier alpha value is -1.47. The fourth-order valence-corrected chi connectivity index (χ4v) is 4.28. The van der Waals surface area contributed by atoms with E-state index in [1.165, 1.54) is 4.31 Å². The van der Waals surface area contributed by atoms with Gasteiger partial charge in [-0.1, -0.05) is 0 Å². The summed E-state index contributed by atoms with van der Waals surface area (Å²) in [6.07, 6.45) is 4.96. The fraction of sp³-hybridized carbons (Fsp3) is 0.538. The maximum absolute atomic E-state index is 12.3. The van der Waals surface area contributed by atoms with Gasteiger partial charge in [-0.2, -0.15) is 4.31 Å². The molecule has 0 radical (unpaired) electrons. The van der Waals surface area contributed by atoms with Crippen LogP contribution in [0.15, 0.2) is 24.5 Å². The van der Waals surface area contributed by atoms with Gasteiger partial charge in [0.15, 0.2) is 0 Å². The number of hydrogen-bond donors (Lipinski definition) is 1. The Labute approximate surface area is 118 Å². The van der Waals surface area contributed by atoms with Crippen LogP contribution < -0.4 is 0 Å². The summed E-state index contributed by atoms with van der Waals surface area (Å²) >= 11 is 0. The Morgan fingerprint density at radius 2 is 2.10 bits per heavy atom. The number of carboxylic acid groups (broad SMARTS) is 1. The molecule has 110 valence electrons. The van der Waals surface area contributed by atoms with E-state index in [0.29, 0.717) is 6.54 Å². The van der Waals surface area contributed by atoms with Gasteiger partial charge in [0, 0.05) is 31.4 Å². The average Bonchev–Trinajstić information content (AvgIpc) is 2.89. The number of sulfonamides is 1. The van der Waals surface area contributed by atoms with E-state index in [-0.39, 0.29) is 24.6 Å². The highest BCUT2D eigenvalue weighted by Gasteiger charge is 2.34. The number of carbonyl (C=O) groups is 1. The van der Waals surface area contributed by atoms with Gasteiger partial charge in [-0.05, 0) is 37.0 Å². The van der Waals surface area contributed by atoms with Crippen LogP contribution in [0.25, 0.3) is 0 Å². The van der Waals surface area contributed by atoms with Crippen LogP contribution in [0.3, 0.4) is 0 Å². The largest absolute Gasteiger partial charge is 0.481 e. The minimum absolute atomic E-state index is 0.110. The molecule has 1 fully saturated rings. The molecular weight excluding hydrogens is 280 g/mol. The molecule has 2 heterocycles. The van der Waals surface area contributed by atoms with E-state index in [1.807, 2.05) is 12.1 Å². The molecule has 0 aromatic carbocycles. The molecule has 0 saturated carbocycles. The first kappa shape index (κ1) is 14.9. The standard InChI is InChI=1S/C13H18N2O4S/c16-13(17)4-2-10-20(18,19)15-9-1-3-12(15)11-5-7-14-8-6-11/h5-8,12H,1-4,9-10H2,(H,16,17). The molecule has 1 unspecified atom stereocenters. The number of carboxylic acids is 1. The number of nitrogens with zero attached hydrogens (tertiary/aromatic N) is 2. The molecule has 0 spiro atoms. The van der Waals surface area contributed by atoms with Crippen molar-refractivity contribution in [1.82, 2.24) is 9.29 Å². The van der Waals surface area contributed by atoms with E-state index in [4.69, 9.17) is 5.11 Å². The summed E-state index contributed by atoms with van der Waals surface area (Å²) < 4.78 is 26.1. The Morgan fingerprint density at radius 3 is 2.75 bits per heavy atom. The van der Waals surface area contributed by atoms with Crippen molar-refractivity contribution in [3.63, 3.8) is 0 Å². The zero-order valence-corrected chi connectivity index (χ0v) is 11.9. The molecule has 2 rings (SSSR count). The highest BCUT2D eigenvalue weighted by atomic mass is 32.2. The van der Waals surface area contributed by atoms with E-state index in [0.717, 1.165) is 18.4 Å². The van der Waals surface area contributed by atoms with Gasteiger partial charge in [0.2, 0.25) is 10.0 Å². The summed E-state index contributed by atoms with van der Waals surface area (Å²) in [5, 5.41) is 8.59. The van der Waals surface area contributed by atoms with Gasteiger partial charge in [-0.3, -0.25) is 9.78 Å². The second kappa shape index (κ2) is 6.32. The Bertz CT molecular complexity index is 559. The van der Waals surface area contributed by atoms with Crippen molar-refractivity contribution in [2.45, 2.75) is 31.7 Å². The predicted molar refractivity (Wildman–Crippen MR) is 73.6 cm³/mol. The monoisotopic (exact) mass is 298 g/mol. The highest BCUT2D eigenvalue weighted by Crippen LogP contribution is 2.34. The van der Waals surface area contributed by atoms with E-state index in [1.54, 1.807) is 12.4 Å². The Balaban J connectivity index is 2.08. The van der Waals surface area contributed by atoms with Crippen molar-refractivity contribution >= 4 is 16.0 Å². The van der Waals surface area contributed by atoms with Crippen molar-refractivity contribution in [3.8, 4) is 0 Å². The third kappa shape index (κ3) is 3.55. The zero-order valence-electron chi connectivity index (χ0n) is 11.1. The number of aromatic nitrogens is 1. The molecule has 1 aliphatic heterocycles. The first-order chi connectivity index (χ1) is 9.50. The van der Waals surface area contributed by atoms with Crippen molar-refractivity contribution in [3.05, 3.63) is 30.1 Å². The molecule has 1 aromatic rings. The molecule has 20 heavy (non-hydrogen) atoms. The maximum Gasteiger partial charge on any atom is 0.303 e. The van der Waals surface area contributed by atoms with Crippen molar-refractivity contribution in [2.75, 3.05) is 12.3 Å². The molecule has 1 N–H and O–H groups in total. The Morgan fingerprint density at radius 1 is 1.40 bits per heavy atom. The predicted octanol–water partition coefficient (Wildman–Crippen LogP) is 1.41. The first-order valence-corrected chi connectivity index (χ1v) is 8.23. The van der Waals surface area contributed by atoms with Crippen molar-refractivity contribution in [2.24, 2.45) is 0 Å². The lowest BCUT2D eigenvalue weighted by Crippen LogP contribution is -2.32. The summed E-state index contributed by atoms with van der Waals surface area (Å²) in [7, 11) is -3.40. The Kier molecular flexibility index (Phi) is 4.72. The first-order valence-electron chi connectivity index (χ1n) is 6.62. The summed E-state index contributed by atoms with van der Waals surface area (Å²) in [6.45, 7) is 0.502. The smallest absolute Gasteiger partial charge is 0.303 e. The van der Waals surface area contributed by atoms with Gasteiger partial charge in [0.05, 0.1) is 5.75 Å². The summed E-state index contributed by atoms with van der Waals surface area (Å²) in [6, 6.07) is 3.51. The molecule has 1 saturated heterocycles. The molecule has 6 nitrogen and oxygen atoms in total. The van der Waals surface area contributed by atoms with Crippen LogP contribution in [-0.2, 0) is 14.8 Å². The summed E-state index contributed by atoms with van der Waals surface area (Å²) in [5.74, 6) is -1.08. The van der Waals surface area contributed by atoms with Gasteiger partial charge in [-0.25, -0.2) is 8.42 Å². The normalized spacial score (nSPS) is 20.1. The van der Waals surface area contributed by atoms with Crippen LogP contribution in [-0.4, -0.2) is 41.1 Å². The minimum Gasteiger partial charge on any atom is -0.481 e. The summed E-state index contributed by atoms with van der Waals surface area (Å²) in [4.78, 5) is 14.4. The fourth-order valence-electron chi connectivity index (χ4n) is 2.51. The average molecular weight is 298 g/mol. The molecule has 7 heteroatoms. The van der Waals surface area contributed by atoms with E-state index >= 15 is 0 Å². The topological polar surface area (TPSA) is 87.6 Å². The third-order valence-electron chi connectivity index (χ3n) is 3.44. The van der Waals surface area contributed by atoms with Gasteiger partial charge in [0.1, 0.15) is 0 Å². The number of rotatable bonds is 6. The van der Waals surface area contributed by atoms with Crippen LogP contribution in [0.4, 0.5) is 0 Å². The van der Waals surface area contributed by atoms with Crippen molar-refractivity contribution < 1.29 is 18.3 Å². The van der Waals surface area contributed by atoms with E-state index < -0.39 is 16.0 Å². The maximum atomic E-state index is 12.3. The zero-order chi connectivity index (χ0) is 14.6. The highest BCUT2D eigenvalue weighted by molar-refractivity contribution is 7.89. The van der Waals surface area contributed by atoms with Gasteiger partial charge < -0.3 is 5.11 Å². The molecule has 1 atom stereocenters. The van der Waals surface area contributed by atoms with E-state index in [9.17, 15) is 13.2 Å². The molecule has 0 bridgehead atoms. The van der Waals surface area contributed by atoms with Crippen molar-refractivity contribution in [1.29, 1.82) is 0 Å². The molecule has 0 amide bonds. The lowest BCUT2D eigenvalue weighted by Gasteiger charge is -2.24. The number of aliphatic carboxylic acids is 1. The number of hydrogen-bond acceptors (Lipinski definition) is 4. The van der Waals surface area contributed by atoms with E-state index in [2.05, 4.69) is 4.98 Å². The number of pyridine rings is 1. The van der Waals surface area contributed by atoms with Gasteiger partial charge >= 0.3 is 5.97 Å².